The zero-order valence-corrected chi connectivity index (χ0v) is 13.3. The van der Waals surface area contributed by atoms with E-state index in [-0.39, 0.29) is 5.78 Å². The van der Waals surface area contributed by atoms with Crippen LogP contribution in [0.25, 0.3) is 6.08 Å². The van der Waals surface area contributed by atoms with Gasteiger partial charge in [0.15, 0.2) is 5.78 Å². The van der Waals surface area contributed by atoms with E-state index in [1.54, 1.807) is 24.3 Å². The molecule has 0 radical (unpaired) electrons. The number of rotatable bonds is 6. The zero-order chi connectivity index (χ0) is 16.8. The molecule has 2 aromatic carbocycles. The molecule has 0 saturated heterocycles. The summed E-state index contributed by atoms with van der Waals surface area (Å²) in [6.45, 7) is -0.541. The van der Waals surface area contributed by atoms with Gasteiger partial charge < -0.3 is 14.6 Å². The normalized spacial score (nSPS) is 10.7. The number of hydrogen-bond donors (Lipinski definition) is 0. The number of carboxylic acid groups (broad SMARTS) is 1. The molecule has 23 heavy (non-hydrogen) atoms. The van der Waals surface area contributed by atoms with Crippen LogP contribution in [0, 0.1) is 0 Å². The number of carbonyl (C=O) groups excluding carboxylic acids is 2. The number of halogens is 2. The van der Waals surface area contributed by atoms with E-state index in [0.29, 0.717) is 26.9 Å². The molecule has 0 fully saturated rings. The van der Waals surface area contributed by atoms with E-state index in [4.69, 9.17) is 27.9 Å². The molecule has 0 aliphatic carbocycles. The van der Waals surface area contributed by atoms with Crippen LogP contribution in [0.5, 0.6) is 5.75 Å². The van der Waals surface area contributed by atoms with Gasteiger partial charge in [0.25, 0.3) is 0 Å². The summed E-state index contributed by atoms with van der Waals surface area (Å²) in [7, 11) is 0. The van der Waals surface area contributed by atoms with Crippen LogP contribution in [0.1, 0.15) is 15.9 Å². The lowest BCUT2D eigenvalue weighted by molar-refractivity contribution is -0.307. The number of aliphatic carboxylic acids is 1. The molecule has 4 nitrogen and oxygen atoms in total. The maximum absolute atomic E-state index is 12.1. The number of carboxylic acids is 1. The van der Waals surface area contributed by atoms with Crippen LogP contribution in [0.4, 0.5) is 0 Å². The smallest absolute Gasteiger partial charge is 0.185 e. The van der Waals surface area contributed by atoms with Gasteiger partial charge >= 0.3 is 0 Å². The van der Waals surface area contributed by atoms with Gasteiger partial charge in [0.05, 0.1) is 16.0 Å². The molecule has 0 aromatic heterocycles. The third kappa shape index (κ3) is 4.84. The Bertz CT molecular complexity index is 752. The van der Waals surface area contributed by atoms with Crippen LogP contribution in [-0.4, -0.2) is 18.4 Å². The van der Waals surface area contributed by atoms with Crippen molar-refractivity contribution in [1.82, 2.24) is 0 Å². The molecule has 0 aliphatic heterocycles. The Kier molecular flexibility index (Phi) is 5.79. The monoisotopic (exact) mass is 349 g/mol. The highest BCUT2D eigenvalue weighted by molar-refractivity contribution is 6.42. The molecule has 0 N–H and O–H groups in total. The molecule has 2 rings (SSSR count). The van der Waals surface area contributed by atoms with Crippen LogP contribution < -0.4 is 9.84 Å². The summed E-state index contributed by atoms with van der Waals surface area (Å²) < 4.78 is 4.94. The number of benzene rings is 2. The van der Waals surface area contributed by atoms with Gasteiger partial charge in [-0.1, -0.05) is 35.3 Å². The molecule has 0 bridgehead atoms. The Balaban J connectivity index is 2.07. The minimum absolute atomic E-state index is 0.229. The van der Waals surface area contributed by atoms with Crippen molar-refractivity contribution in [2.24, 2.45) is 0 Å². The first-order chi connectivity index (χ1) is 11.0. The van der Waals surface area contributed by atoms with Crippen LogP contribution in [0.15, 0.2) is 48.5 Å². The second-order valence-corrected chi connectivity index (χ2v) is 5.31. The van der Waals surface area contributed by atoms with Gasteiger partial charge in [-0.3, -0.25) is 4.79 Å². The van der Waals surface area contributed by atoms with Crippen molar-refractivity contribution >= 4 is 41.0 Å². The van der Waals surface area contributed by atoms with Crippen LogP contribution in [0.3, 0.4) is 0 Å². The van der Waals surface area contributed by atoms with Crippen molar-refractivity contribution in [1.29, 1.82) is 0 Å². The predicted octanol–water partition coefficient (Wildman–Crippen LogP) is 3.02. The van der Waals surface area contributed by atoms with Gasteiger partial charge in [-0.2, -0.15) is 0 Å². The maximum Gasteiger partial charge on any atom is 0.185 e. The number of ketones is 1. The molecular weight excluding hydrogens is 339 g/mol. The molecule has 0 saturated carbocycles. The molecule has 0 amide bonds. The fourth-order valence-electron chi connectivity index (χ4n) is 1.77. The minimum atomic E-state index is -1.31. The largest absolute Gasteiger partial charge is 0.546 e. The standard InChI is InChI=1S/C17H12Cl2O4/c18-14-3-1-2-12(17(14)19)6-9-15(20)11-4-7-13(8-5-11)23-10-16(21)22/h1-9H,10H2,(H,21,22)/p-1/b9-6+. The topological polar surface area (TPSA) is 66.4 Å². The summed E-state index contributed by atoms with van der Waals surface area (Å²) in [6.07, 6.45) is 2.96. The van der Waals surface area contributed by atoms with Crippen molar-refractivity contribution < 1.29 is 19.4 Å². The minimum Gasteiger partial charge on any atom is -0.546 e. The number of hydrogen-bond acceptors (Lipinski definition) is 4. The van der Waals surface area contributed by atoms with Gasteiger partial charge in [0, 0.05) is 5.56 Å². The van der Waals surface area contributed by atoms with Crippen molar-refractivity contribution in [3.8, 4) is 5.75 Å². The first-order valence-electron chi connectivity index (χ1n) is 6.56. The van der Waals surface area contributed by atoms with Crippen molar-refractivity contribution in [3.05, 3.63) is 69.7 Å². The maximum atomic E-state index is 12.1. The average molecular weight is 350 g/mol. The highest BCUT2D eigenvalue weighted by Crippen LogP contribution is 2.26. The molecule has 2 aromatic rings. The second kappa shape index (κ2) is 7.81. The van der Waals surface area contributed by atoms with Gasteiger partial charge in [-0.25, -0.2) is 0 Å². The second-order valence-electron chi connectivity index (χ2n) is 4.53. The highest BCUT2D eigenvalue weighted by atomic mass is 35.5. The molecule has 6 heteroatoms. The Morgan fingerprint density at radius 3 is 2.43 bits per heavy atom. The Morgan fingerprint density at radius 2 is 1.78 bits per heavy atom. The molecule has 0 aliphatic rings. The van der Waals surface area contributed by atoms with E-state index >= 15 is 0 Å². The highest BCUT2D eigenvalue weighted by Gasteiger charge is 2.05. The quantitative estimate of drug-likeness (QED) is 0.593. The van der Waals surface area contributed by atoms with Crippen LogP contribution in [-0.2, 0) is 4.79 Å². The fourth-order valence-corrected chi connectivity index (χ4v) is 2.14. The number of ether oxygens (including phenoxy) is 1. The van der Waals surface area contributed by atoms with Gasteiger partial charge in [-0.15, -0.1) is 0 Å². The van der Waals surface area contributed by atoms with Crippen LogP contribution in [0.2, 0.25) is 10.0 Å². The molecule has 0 atom stereocenters. The summed E-state index contributed by atoms with van der Waals surface area (Å²) in [5, 5.41) is 11.1. The van der Waals surface area contributed by atoms with E-state index in [1.165, 1.54) is 30.3 Å². The first-order valence-corrected chi connectivity index (χ1v) is 7.32. The van der Waals surface area contributed by atoms with Gasteiger partial charge in [0.2, 0.25) is 0 Å². The average Bonchev–Trinajstić information content (AvgIpc) is 2.54. The summed E-state index contributed by atoms with van der Waals surface area (Å²) >= 11 is 11.9. The lowest BCUT2D eigenvalue weighted by Crippen LogP contribution is -2.28. The van der Waals surface area contributed by atoms with E-state index in [0.717, 1.165) is 0 Å². The summed E-state index contributed by atoms with van der Waals surface area (Å²) in [6, 6.07) is 11.2. The van der Waals surface area contributed by atoms with Crippen molar-refractivity contribution in [2.75, 3.05) is 6.61 Å². The molecule has 0 unspecified atom stereocenters. The van der Waals surface area contributed by atoms with Crippen molar-refractivity contribution in [2.45, 2.75) is 0 Å². The van der Waals surface area contributed by atoms with Crippen LogP contribution >= 0.6 is 23.2 Å². The van der Waals surface area contributed by atoms with Crippen molar-refractivity contribution in [3.63, 3.8) is 0 Å². The van der Waals surface area contributed by atoms with E-state index < -0.39 is 12.6 Å². The Labute approximate surface area is 142 Å². The summed E-state index contributed by atoms with van der Waals surface area (Å²) in [5.41, 5.74) is 1.07. The number of carbonyl (C=O) groups is 2. The zero-order valence-electron chi connectivity index (χ0n) is 11.8. The van der Waals surface area contributed by atoms with E-state index in [9.17, 15) is 14.7 Å². The van der Waals surface area contributed by atoms with Gasteiger partial charge in [0.1, 0.15) is 12.4 Å². The van der Waals surface area contributed by atoms with Gasteiger partial charge in [-0.05, 0) is 48.0 Å². The first kappa shape index (κ1) is 17.1. The molecule has 118 valence electrons. The third-order valence-electron chi connectivity index (χ3n) is 2.89. The lowest BCUT2D eigenvalue weighted by Gasteiger charge is -2.06. The molecule has 0 heterocycles. The number of allylic oxidation sites excluding steroid dienone is 1. The predicted molar refractivity (Wildman–Crippen MR) is 86.8 cm³/mol. The summed E-state index contributed by atoms with van der Waals surface area (Å²) in [5.74, 6) is -1.20. The fraction of sp³-hybridized carbons (Fsp3) is 0.0588. The lowest BCUT2D eigenvalue weighted by atomic mass is 10.1. The Morgan fingerprint density at radius 1 is 1.09 bits per heavy atom. The summed E-state index contributed by atoms with van der Waals surface area (Å²) in [4.78, 5) is 22.4. The molecular formula is C17H11Cl2O4-. The third-order valence-corrected chi connectivity index (χ3v) is 3.72. The SMILES string of the molecule is O=C([O-])COc1ccc(C(=O)/C=C/c2cccc(Cl)c2Cl)cc1. The Hall–Kier alpha value is -2.30. The van der Waals surface area contributed by atoms with E-state index in [1.807, 2.05) is 0 Å². The molecule has 0 spiro atoms. The van der Waals surface area contributed by atoms with E-state index in [2.05, 4.69) is 0 Å².